The fourth-order valence-electron chi connectivity index (χ4n) is 0.448. The lowest BCUT2D eigenvalue weighted by molar-refractivity contribution is 0.0467. The van der Waals surface area contributed by atoms with Crippen LogP contribution in [-0.2, 0) is 9.47 Å². The Labute approximate surface area is 84.6 Å². The molecule has 0 saturated carbocycles. The normalized spacial score (nSPS) is 9.13. The maximum absolute atomic E-state index is 9.75. The highest BCUT2D eigenvalue weighted by Crippen LogP contribution is 2.06. The van der Waals surface area contributed by atoms with E-state index in [1.807, 2.05) is 13.8 Å². The predicted molar refractivity (Wildman–Crippen MR) is 46.6 cm³/mol. The minimum Gasteiger partial charge on any atom is -0.460 e. The Morgan fingerprint density at radius 2 is 1.53 bits per heavy atom. The Kier molecular flexibility index (Phi) is 9.72. The Morgan fingerprint density at radius 1 is 1.20 bits per heavy atom. The van der Waals surface area contributed by atoms with Gasteiger partial charge in [-0.2, -0.15) is 0 Å². The fraction of sp³-hybridized carbons (Fsp3) is 0.667. The second kappa shape index (κ2) is 9.11. The van der Waals surface area contributed by atoms with Crippen molar-refractivity contribution in [2.75, 3.05) is 13.2 Å². The highest BCUT2D eigenvalue weighted by molar-refractivity contribution is 6.50. The molecule has 15 heavy (non-hydrogen) atoms. The number of rotatable bonds is 4. The molecule has 0 N–H and O–H groups in total. The molecule has 0 aromatic rings. The van der Waals surface area contributed by atoms with Crippen LogP contribution < -0.4 is 0 Å². The summed E-state index contributed by atoms with van der Waals surface area (Å²) in [6, 6.07) is 0. The number of hydrogen-bond acceptors (Lipinski definition) is 3. The van der Waals surface area contributed by atoms with E-state index in [9.17, 15) is 17.3 Å². The first-order chi connectivity index (χ1) is 6.85. The zero-order valence-electron chi connectivity index (χ0n) is 8.29. The van der Waals surface area contributed by atoms with Gasteiger partial charge in [0.05, 0.1) is 13.2 Å². The van der Waals surface area contributed by atoms with Crippen molar-refractivity contribution in [2.45, 2.75) is 13.8 Å². The Balaban J connectivity index is 0. The molecular weight excluding hydrogens is 219 g/mol. The van der Waals surface area contributed by atoms with Gasteiger partial charge in [-0.3, -0.25) is 0 Å². The van der Waals surface area contributed by atoms with Gasteiger partial charge in [0.1, 0.15) is 0 Å². The lowest BCUT2D eigenvalue weighted by atomic mass is 10.3. The summed E-state index contributed by atoms with van der Waals surface area (Å²) in [6.07, 6.45) is 1.12. The summed E-state index contributed by atoms with van der Waals surface area (Å²) in [5.41, 5.74) is 0. The van der Waals surface area contributed by atoms with Crippen molar-refractivity contribution in [1.29, 1.82) is 5.39 Å². The minimum atomic E-state index is -6.00. The predicted octanol–water partition coefficient (Wildman–Crippen LogP) is 3.01. The van der Waals surface area contributed by atoms with Crippen LogP contribution in [0.2, 0.25) is 0 Å². The van der Waals surface area contributed by atoms with Crippen LogP contribution in [-0.4, -0.2) is 20.5 Å². The van der Waals surface area contributed by atoms with Crippen molar-refractivity contribution in [3.63, 3.8) is 0 Å². The maximum Gasteiger partial charge on any atom is 0.673 e. The smallest absolute Gasteiger partial charge is 0.460 e. The molecule has 0 atom stereocenters. The van der Waals surface area contributed by atoms with E-state index in [1.165, 1.54) is 0 Å². The zero-order valence-corrected chi connectivity index (χ0v) is 8.29. The minimum absolute atomic E-state index is 0.243. The Bertz CT molecular complexity index is 212. The number of diazo groups is 1. The molecular formula is C6H11BF4N2O2. The third kappa shape index (κ3) is 24.5. The summed E-state index contributed by atoms with van der Waals surface area (Å²) < 4.78 is 48.8. The lowest BCUT2D eigenvalue weighted by Gasteiger charge is -2.02. The van der Waals surface area contributed by atoms with Crippen LogP contribution in [0.3, 0.4) is 0 Å². The standard InChI is InChI=1S/C6H11N2O2.BF4/c1-3-9-6(5-8-7)10-4-2;2-1(3,4)5/h5H,3-4H2,1-2H3;/q+1;-1. The average Bonchev–Trinajstić information content (AvgIpc) is 2.02. The Morgan fingerprint density at radius 3 is 1.73 bits per heavy atom. The molecule has 0 unspecified atom stereocenters. The monoisotopic (exact) mass is 230 g/mol. The van der Waals surface area contributed by atoms with Gasteiger partial charge < -0.3 is 26.7 Å². The van der Waals surface area contributed by atoms with Crippen molar-refractivity contribution in [2.24, 2.45) is 0 Å². The molecule has 0 radical (unpaired) electrons. The molecule has 0 aliphatic carbocycles. The maximum atomic E-state index is 9.75. The molecule has 0 amide bonds. The molecule has 4 nitrogen and oxygen atoms in total. The second-order valence-corrected chi connectivity index (χ2v) is 1.92. The summed E-state index contributed by atoms with van der Waals surface area (Å²) in [6.45, 7) is 4.65. The summed E-state index contributed by atoms with van der Waals surface area (Å²) in [5, 5.41) is 8.08. The summed E-state index contributed by atoms with van der Waals surface area (Å²) in [4.78, 5) is 2.76. The van der Waals surface area contributed by atoms with Crippen molar-refractivity contribution < 1.29 is 26.7 Å². The van der Waals surface area contributed by atoms with Crippen LogP contribution in [0.15, 0.2) is 12.1 Å². The third-order valence-electron chi connectivity index (χ3n) is 0.736. The van der Waals surface area contributed by atoms with Gasteiger partial charge >= 0.3 is 19.4 Å². The molecule has 0 spiro atoms. The van der Waals surface area contributed by atoms with E-state index in [0.29, 0.717) is 13.2 Å². The van der Waals surface area contributed by atoms with E-state index in [-0.39, 0.29) is 5.95 Å². The van der Waals surface area contributed by atoms with E-state index in [4.69, 9.17) is 14.9 Å². The molecule has 0 aliphatic rings. The van der Waals surface area contributed by atoms with Crippen molar-refractivity contribution in [1.82, 2.24) is 0 Å². The Hall–Kier alpha value is -1.46. The zero-order chi connectivity index (χ0) is 12.3. The topological polar surface area (TPSA) is 46.6 Å². The second-order valence-electron chi connectivity index (χ2n) is 1.92. The van der Waals surface area contributed by atoms with Crippen molar-refractivity contribution in [3.8, 4) is 0 Å². The lowest BCUT2D eigenvalue weighted by Crippen LogP contribution is -2.02. The SMILES string of the molecule is CCOC(=C[N+]#N)OCC.F[B-](F)(F)F. The van der Waals surface area contributed by atoms with Gasteiger partial charge in [0.25, 0.3) is 0 Å². The molecule has 0 bridgehead atoms. The molecule has 0 fully saturated rings. The van der Waals surface area contributed by atoms with Crippen LogP contribution in [0.25, 0.3) is 4.98 Å². The van der Waals surface area contributed by atoms with Gasteiger partial charge in [0.15, 0.2) is 4.98 Å². The molecule has 9 heteroatoms. The van der Waals surface area contributed by atoms with Crippen LogP contribution in [0, 0.1) is 5.39 Å². The van der Waals surface area contributed by atoms with Gasteiger partial charge in [-0.25, -0.2) is 0 Å². The quantitative estimate of drug-likeness (QED) is 0.322. The van der Waals surface area contributed by atoms with Crippen LogP contribution in [0.5, 0.6) is 0 Å². The molecule has 0 rings (SSSR count). The average molecular weight is 230 g/mol. The van der Waals surface area contributed by atoms with E-state index in [0.717, 1.165) is 6.20 Å². The van der Waals surface area contributed by atoms with E-state index < -0.39 is 7.25 Å². The van der Waals surface area contributed by atoms with Crippen LogP contribution in [0.4, 0.5) is 17.3 Å². The first-order valence-electron chi connectivity index (χ1n) is 4.02. The van der Waals surface area contributed by atoms with Crippen molar-refractivity contribution in [3.05, 3.63) is 17.1 Å². The highest BCUT2D eigenvalue weighted by atomic mass is 19.5. The first-order valence-corrected chi connectivity index (χ1v) is 4.02. The highest BCUT2D eigenvalue weighted by Gasteiger charge is 2.20. The van der Waals surface area contributed by atoms with Crippen LogP contribution in [0.1, 0.15) is 13.8 Å². The molecule has 0 aliphatic heterocycles. The van der Waals surface area contributed by atoms with Crippen LogP contribution >= 0.6 is 0 Å². The first kappa shape index (κ1) is 16.0. The van der Waals surface area contributed by atoms with Crippen molar-refractivity contribution >= 4 is 7.25 Å². The van der Waals surface area contributed by atoms with Gasteiger partial charge in [-0.15, -0.1) is 0 Å². The number of halogens is 4. The van der Waals surface area contributed by atoms with Gasteiger partial charge in [0, 0.05) is 0 Å². The molecule has 0 aromatic heterocycles. The summed E-state index contributed by atoms with van der Waals surface area (Å²) >= 11 is 0. The number of nitrogens with zero attached hydrogens (tertiary/aromatic N) is 2. The summed E-state index contributed by atoms with van der Waals surface area (Å²) in [5.74, 6) is 0.243. The fourth-order valence-corrected chi connectivity index (χ4v) is 0.448. The number of hydrogen-bond donors (Lipinski definition) is 0. The van der Waals surface area contributed by atoms with Gasteiger partial charge in [-0.05, 0) is 13.8 Å². The molecule has 0 saturated heterocycles. The van der Waals surface area contributed by atoms with E-state index >= 15 is 0 Å². The molecule has 0 heterocycles. The number of ether oxygens (including phenoxy) is 2. The van der Waals surface area contributed by atoms with E-state index in [1.54, 1.807) is 0 Å². The largest absolute Gasteiger partial charge is 0.673 e. The van der Waals surface area contributed by atoms with Gasteiger partial charge in [0.2, 0.25) is 5.39 Å². The van der Waals surface area contributed by atoms with E-state index in [2.05, 4.69) is 4.98 Å². The molecule has 0 aromatic carbocycles. The molecule has 88 valence electrons. The van der Waals surface area contributed by atoms with Gasteiger partial charge in [-0.1, -0.05) is 0 Å². The summed E-state index contributed by atoms with van der Waals surface area (Å²) in [7, 11) is -6.00. The third-order valence-corrected chi connectivity index (χ3v) is 0.736.